The molecule has 2 rings (SSSR count). The molecule has 0 bridgehead atoms. The smallest absolute Gasteiger partial charge is 0.260 e. The fourth-order valence-corrected chi connectivity index (χ4v) is 2.85. The molecule has 0 spiro atoms. The predicted molar refractivity (Wildman–Crippen MR) is 95.1 cm³/mol. The average Bonchev–Trinajstić information content (AvgIpc) is 2.71. The van der Waals surface area contributed by atoms with Gasteiger partial charge in [-0.05, 0) is 23.8 Å². The first-order chi connectivity index (χ1) is 13.2. The highest BCUT2D eigenvalue weighted by molar-refractivity contribution is 5.99. The molecule has 1 fully saturated rings. The van der Waals surface area contributed by atoms with Crippen LogP contribution in [0.5, 0.6) is 17.2 Å². The van der Waals surface area contributed by atoms with Gasteiger partial charge in [-0.3, -0.25) is 4.79 Å². The SMILES string of the molecule is COc1cc(/C=C/C(=O)C2(O)OC(CO)C(O)C(O)C2O)cc(OC)c1OC. The third-order valence-corrected chi connectivity index (χ3v) is 4.43. The van der Waals surface area contributed by atoms with E-state index < -0.39 is 42.6 Å². The van der Waals surface area contributed by atoms with Crippen LogP contribution in [-0.2, 0) is 9.53 Å². The van der Waals surface area contributed by atoms with E-state index in [0.29, 0.717) is 22.8 Å². The molecule has 1 aliphatic heterocycles. The lowest BCUT2D eigenvalue weighted by molar-refractivity contribution is -0.329. The van der Waals surface area contributed by atoms with Crippen molar-refractivity contribution >= 4 is 11.9 Å². The Labute approximate surface area is 161 Å². The molecule has 1 aliphatic rings. The first-order valence-electron chi connectivity index (χ1n) is 8.31. The molecule has 10 nitrogen and oxygen atoms in total. The summed E-state index contributed by atoms with van der Waals surface area (Å²) in [6.07, 6.45) is -4.93. The third kappa shape index (κ3) is 3.97. The lowest BCUT2D eigenvalue weighted by Gasteiger charge is -2.43. The number of carbonyl (C=O) groups excluding carboxylic acids is 1. The topological polar surface area (TPSA) is 155 Å². The Balaban J connectivity index is 2.32. The molecule has 1 aromatic carbocycles. The molecule has 156 valence electrons. The zero-order valence-corrected chi connectivity index (χ0v) is 15.6. The quantitative estimate of drug-likeness (QED) is 0.340. The molecule has 28 heavy (non-hydrogen) atoms. The van der Waals surface area contributed by atoms with Crippen LogP contribution in [0.2, 0.25) is 0 Å². The van der Waals surface area contributed by atoms with Crippen LogP contribution in [-0.4, -0.2) is 89.5 Å². The van der Waals surface area contributed by atoms with Gasteiger partial charge in [0.05, 0.1) is 27.9 Å². The summed E-state index contributed by atoms with van der Waals surface area (Å²) in [5.74, 6) is -2.93. The van der Waals surface area contributed by atoms with Crippen molar-refractivity contribution in [1.82, 2.24) is 0 Å². The second-order valence-electron chi connectivity index (χ2n) is 6.12. The molecule has 5 atom stereocenters. The van der Waals surface area contributed by atoms with Gasteiger partial charge < -0.3 is 44.5 Å². The van der Waals surface area contributed by atoms with Gasteiger partial charge in [0.15, 0.2) is 11.5 Å². The Hall–Kier alpha value is -2.21. The number of ether oxygens (including phenoxy) is 4. The lowest BCUT2D eigenvalue weighted by atomic mass is 9.90. The monoisotopic (exact) mass is 400 g/mol. The Bertz CT molecular complexity index is 706. The van der Waals surface area contributed by atoms with Crippen molar-refractivity contribution in [1.29, 1.82) is 0 Å². The maximum absolute atomic E-state index is 12.5. The van der Waals surface area contributed by atoms with Crippen LogP contribution < -0.4 is 14.2 Å². The van der Waals surface area contributed by atoms with Crippen LogP contribution in [0.25, 0.3) is 6.08 Å². The molecule has 0 aromatic heterocycles. The second kappa shape index (κ2) is 8.86. The van der Waals surface area contributed by atoms with Crippen LogP contribution in [0.4, 0.5) is 0 Å². The van der Waals surface area contributed by atoms with E-state index in [0.717, 1.165) is 6.08 Å². The summed E-state index contributed by atoms with van der Waals surface area (Å²) in [5, 5.41) is 49.2. The summed E-state index contributed by atoms with van der Waals surface area (Å²) in [6.45, 7) is -0.781. The van der Waals surface area contributed by atoms with Crippen molar-refractivity contribution in [3.63, 3.8) is 0 Å². The van der Waals surface area contributed by atoms with Gasteiger partial charge in [0, 0.05) is 0 Å². The Morgan fingerprint density at radius 3 is 2.14 bits per heavy atom. The van der Waals surface area contributed by atoms with E-state index in [9.17, 15) is 30.3 Å². The Morgan fingerprint density at radius 2 is 1.68 bits per heavy atom. The third-order valence-electron chi connectivity index (χ3n) is 4.43. The molecule has 0 aliphatic carbocycles. The van der Waals surface area contributed by atoms with Crippen molar-refractivity contribution < 1.29 is 49.3 Å². The summed E-state index contributed by atoms with van der Waals surface area (Å²) < 4.78 is 20.6. The second-order valence-corrected chi connectivity index (χ2v) is 6.12. The number of aliphatic hydroxyl groups excluding tert-OH is 4. The molecule has 10 heteroatoms. The fraction of sp³-hybridized carbons (Fsp3) is 0.500. The van der Waals surface area contributed by atoms with Gasteiger partial charge in [-0.1, -0.05) is 6.08 Å². The van der Waals surface area contributed by atoms with Gasteiger partial charge in [0.1, 0.15) is 24.4 Å². The van der Waals surface area contributed by atoms with Gasteiger partial charge in [-0.2, -0.15) is 0 Å². The minimum atomic E-state index is -2.84. The summed E-state index contributed by atoms with van der Waals surface area (Å²) >= 11 is 0. The van der Waals surface area contributed by atoms with Crippen LogP contribution in [0.15, 0.2) is 18.2 Å². The van der Waals surface area contributed by atoms with Crippen molar-refractivity contribution in [3.05, 3.63) is 23.8 Å². The van der Waals surface area contributed by atoms with Crippen molar-refractivity contribution in [2.45, 2.75) is 30.2 Å². The molecule has 1 saturated heterocycles. The maximum atomic E-state index is 12.5. The fourth-order valence-electron chi connectivity index (χ4n) is 2.85. The zero-order chi connectivity index (χ0) is 21.1. The van der Waals surface area contributed by atoms with Crippen LogP contribution in [0, 0.1) is 0 Å². The van der Waals surface area contributed by atoms with Gasteiger partial charge in [-0.25, -0.2) is 0 Å². The number of rotatable bonds is 7. The number of hydrogen-bond acceptors (Lipinski definition) is 10. The highest BCUT2D eigenvalue weighted by atomic mass is 16.7. The van der Waals surface area contributed by atoms with Crippen molar-refractivity contribution in [2.75, 3.05) is 27.9 Å². The minimum absolute atomic E-state index is 0.334. The van der Waals surface area contributed by atoms with Crippen molar-refractivity contribution in [3.8, 4) is 17.2 Å². The van der Waals surface area contributed by atoms with E-state index in [1.54, 1.807) is 12.1 Å². The molecule has 1 aromatic rings. The highest BCUT2D eigenvalue weighted by Crippen LogP contribution is 2.38. The number of carbonyl (C=O) groups is 1. The zero-order valence-electron chi connectivity index (χ0n) is 15.6. The summed E-state index contributed by atoms with van der Waals surface area (Å²) in [7, 11) is 4.28. The first kappa shape index (κ1) is 22.1. The normalized spacial score (nSPS) is 30.3. The molecular weight excluding hydrogens is 376 g/mol. The predicted octanol–water partition coefficient (Wildman–Crippen LogP) is -1.54. The first-order valence-corrected chi connectivity index (χ1v) is 8.31. The van der Waals surface area contributed by atoms with Crippen LogP contribution in [0.1, 0.15) is 5.56 Å². The molecule has 0 amide bonds. The molecule has 5 N–H and O–H groups in total. The van der Waals surface area contributed by atoms with Crippen LogP contribution in [0.3, 0.4) is 0 Å². The summed E-state index contributed by atoms with van der Waals surface area (Å²) in [4.78, 5) is 12.5. The molecular formula is C18H24O10. The van der Waals surface area contributed by atoms with E-state index in [4.69, 9.17) is 18.9 Å². The highest BCUT2D eigenvalue weighted by Gasteiger charge is 2.56. The van der Waals surface area contributed by atoms with E-state index in [-0.39, 0.29) is 0 Å². The van der Waals surface area contributed by atoms with Gasteiger partial charge in [0.2, 0.25) is 11.5 Å². The molecule has 0 saturated carbocycles. The van der Waals surface area contributed by atoms with Crippen molar-refractivity contribution in [2.24, 2.45) is 0 Å². The maximum Gasteiger partial charge on any atom is 0.260 e. The Morgan fingerprint density at radius 1 is 1.11 bits per heavy atom. The van der Waals surface area contributed by atoms with E-state index >= 15 is 0 Å². The van der Waals surface area contributed by atoms with Gasteiger partial charge in [-0.15, -0.1) is 0 Å². The summed E-state index contributed by atoms with van der Waals surface area (Å²) in [6, 6.07) is 3.09. The molecule has 5 unspecified atom stereocenters. The van der Waals surface area contributed by atoms with E-state index in [1.165, 1.54) is 27.4 Å². The van der Waals surface area contributed by atoms with E-state index in [1.807, 2.05) is 0 Å². The van der Waals surface area contributed by atoms with Gasteiger partial charge >= 0.3 is 0 Å². The lowest BCUT2D eigenvalue weighted by Crippen LogP contribution is -2.67. The Kier molecular flexibility index (Phi) is 6.99. The summed E-state index contributed by atoms with van der Waals surface area (Å²) in [5.41, 5.74) is 0.441. The number of hydrogen-bond donors (Lipinski definition) is 5. The van der Waals surface area contributed by atoms with Crippen LogP contribution >= 0.6 is 0 Å². The van der Waals surface area contributed by atoms with E-state index in [2.05, 4.69) is 0 Å². The number of aliphatic hydroxyl groups is 5. The molecule has 0 radical (unpaired) electrons. The largest absolute Gasteiger partial charge is 0.493 e. The van der Waals surface area contributed by atoms with Gasteiger partial charge in [0.25, 0.3) is 5.79 Å². The minimum Gasteiger partial charge on any atom is -0.493 e. The number of methoxy groups -OCH3 is 3. The number of benzene rings is 1. The number of ketones is 1. The molecule has 1 heterocycles. The standard InChI is InChI=1S/C18H24O10/c1-25-10-6-9(7-11(26-2)16(10)27-3)4-5-13(20)18(24)17(23)15(22)14(21)12(8-19)28-18/h4-7,12,14-15,17,19,21-24H,8H2,1-3H3/b5-4+. The average molecular weight is 400 g/mol.